The van der Waals surface area contributed by atoms with Crippen LogP contribution in [-0.4, -0.2) is 30.5 Å². The fourth-order valence-corrected chi connectivity index (χ4v) is 3.04. The van der Waals surface area contributed by atoms with Gasteiger partial charge in [0.1, 0.15) is 17.4 Å². The summed E-state index contributed by atoms with van der Waals surface area (Å²) in [4.78, 5) is 14.6. The number of nitriles is 1. The topological polar surface area (TPSA) is 65.4 Å². The van der Waals surface area contributed by atoms with Crippen LogP contribution in [0.5, 0.6) is 5.75 Å². The molecule has 1 aromatic rings. The number of nitrogens with one attached hydrogen (secondary N) is 1. The number of likely N-dealkylation sites (tertiary alicyclic amines) is 1. The monoisotopic (exact) mass is 327 g/mol. The Bertz CT molecular complexity index is 661. The first kappa shape index (κ1) is 17.9. The Morgan fingerprint density at radius 2 is 2.29 bits per heavy atom. The van der Waals surface area contributed by atoms with Gasteiger partial charge in [0, 0.05) is 18.8 Å². The van der Waals surface area contributed by atoms with Crippen LogP contribution in [0.3, 0.4) is 0 Å². The molecule has 1 saturated heterocycles. The molecule has 128 valence electrons. The second-order valence-corrected chi connectivity index (χ2v) is 6.11. The maximum atomic E-state index is 12.5. The van der Waals surface area contributed by atoms with Crippen LogP contribution in [0.15, 0.2) is 30.0 Å². The first-order valence-electron chi connectivity index (χ1n) is 8.42. The number of anilines is 1. The van der Waals surface area contributed by atoms with Crippen LogP contribution >= 0.6 is 0 Å². The van der Waals surface area contributed by atoms with Gasteiger partial charge in [0.05, 0.1) is 12.8 Å². The van der Waals surface area contributed by atoms with Crippen LogP contribution in [-0.2, 0) is 4.79 Å². The molecule has 0 bridgehead atoms. The number of nitrogens with zero attached hydrogens (tertiary/aromatic N) is 2. The lowest BCUT2D eigenvalue weighted by atomic mass is 10.0. The van der Waals surface area contributed by atoms with Crippen LogP contribution in [0.1, 0.15) is 38.2 Å². The molecule has 1 N–H and O–H groups in total. The number of hydrogen-bond donors (Lipinski definition) is 1. The van der Waals surface area contributed by atoms with Crippen molar-refractivity contribution in [2.24, 2.45) is 0 Å². The lowest BCUT2D eigenvalue weighted by Crippen LogP contribution is -2.35. The van der Waals surface area contributed by atoms with Crippen LogP contribution in [0.2, 0.25) is 0 Å². The molecule has 0 radical (unpaired) electrons. The van der Waals surface area contributed by atoms with Crippen LogP contribution in [0, 0.1) is 18.3 Å². The Morgan fingerprint density at radius 3 is 2.96 bits per heavy atom. The van der Waals surface area contributed by atoms with E-state index in [-0.39, 0.29) is 5.57 Å². The minimum absolute atomic E-state index is 0.124. The van der Waals surface area contributed by atoms with Crippen molar-refractivity contribution < 1.29 is 9.53 Å². The number of piperidine rings is 1. The standard InChI is InChI=1S/C19H25N3O2/c1-4-16-7-5-6-10-22(16)13-15(12-20)19(23)21-17-11-14(2)8-9-18(17)24-3/h8-9,11,13,16H,4-7,10H2,1-3H3,(H,21,23)/b15-13-. The highest BCUT2D eigenvalue weighted by Gasteiger charge is 2.21. The molecule has 5 heteroatoms. The second kappa shape index (κ2) is 8.39. The molecule has 5 nitrogen and oxygen atoms in total. The Hall–Kier alpha value is -2.48. The molecule has 1 amide bonds. The van der Waals surface area contributed by atoms with Crippen molar-refractivity contribution >= 4 is 11.6 Å². The van der Waals surface area contributed by atoms with Gasteiger partial charge in [-0.3, -0.25) is 4.79 Å². The van der Waals surface area contributed by atoms with Crippen molar-refractivity contribution in [2.75, 3.05) is 19.0 Å². The van der Waals surface area contributed by atoms with Crippen LogP contribution < -0.4 is 10.1 Å². The van der Waals surface area contributed by atoms with Gasteiger partial charge in [-0.05, 0) is 50.3 Å². The molecule has 1 fully saturated rings. The maximum Gasteiger partial charge on any atom is 0.267 e. The molecule has 2 rings (SSSR count). The number of hydrogen-bond acceptors (Lipinski definition) is 4. The highest BCUT2D eigenvalue weighted by atomic mass is 16.5. The van der Waals surface area contributed by atoms with E-state index in [0.717, 1.165) is 31.4 Å². The number of amides is 1. The van der Waals surface area contributed by atoms with Gasteiger partial charge >= 0.3 is 0 Å². The number of benzene rings is 1. The zero-order chi connectivity index (χ0) is 17.5. The molecule has 0 saturated carbocycles. The first-order valence-corrected chi connectivity index (χ1v) is 8.42. The van der Waals surface area contributed by atoms with Crippen molar-refractivity contribution in [3.05, 3.63) is 35.5 Å². The normalized spacial score (nSPS) is 18.0. The molecule has 0 spiro atoms. The summed E-state index contributed by atoms with van der Waals surface area (Å²) >= 11 is 0. The Morgan fingerprint density at radius 1 is 1.50 bits per heavy atom. The van der Waals surface area contributed by atoms with Crippen LogP contribution in [0.4, 0.5) is 5.69 Å². The average molecular weight is 327 g/mol. The molecule has 1 atom stereocenters. The van der Waals surface area contributed by atoms with Crippen molar-refractivity contribution in [3.63, 3.8) is 0 Å². The summed E-state index contributed by atoms with van der Waals surface area (Å²) in [6.07, 6.45) is 6.14. The summed E-state index contributed by atoms with van der Waals surface area (Å²) in [6, 6.07) is 7.99. The fourth-order valence-electron chi connectivity index (χ4n) is 3.04. The molecule has 1 aromatic carbocycles. The van der Waals surface area contributed by atoms with E-state index in [1.165, 1.54) is 6.42 Å². The van der Waals surface area contributed by atoms with Crippen molar-refractivity contribution in [1.82, 2.24) is 4.90 Å². The summed E-state index contributed by atoms with van der Waals surface area (Å²) in [5.74, 6) is 0.178. The zero-order valence-electron chi connectivity index (χ0n) is 14.6. The fraction of sp³-hybridized carbons (Fsp3) is 0.474. The molecule has 1 aliphatic heterocycles. The summed E-state index contributed by atoms with van der Waals surface area (Å²) in [5.41, 5.74) is 1.71. The smallest absolute Gasteiger partial charge is 0.267 e. The largest absolute Gasteiger partial charge is 0.495 e. The second-order valence-electron chi connectivity index (χ2n) is 6.11. The van der Waals surface area contributed by atoms with E-state index in [1.54, 1.807) is 19.4 Å². The average Bonchev–Trinajstić information content (AvgIpc) is 2.60. The number of methoxy groups -OCH3 is 1. The van der Waals surface area contributed by atoms with E-state index in [1.807, 2.05) is 25.1 Å². The van der Waals surface area contributed by atoms with Gasteiger partial charge in [0.25, 0.3) is 5.91 Å². The Labute approximate surface area is 143 Å². The molecular formula is C19H25N3O2. The van der Waals surface area contributed by atoms with Gasteiger partial charge in [-0.1, -0.05) is 13.0 Å². The van der Waals surface area contributed by atoms with E-state index >= 15 is 0 Å². The third-order valence-corrected chi connectivity index (χ3v) is 4.41. The van der Waals surface area contributed by atoms with E-state index in [2.05, 4.69) is 17.1 Å². The molecule has 24 heavy (non-hydrogen) atoms. The summed E-state index contributed by atoms with van der Waals surface area (Å²) in [5, 5.41) is 12.2. The molecule has 1 unspecified atom stereocenters. The predicted molar refractivity (Wildman–Crippen MR) is 94.7 cm³/mol. The van der Waals surface area contributed by atoms with Crippen LogP contribution in [0.25, 0.3) is 0 Å². The minimum atomic E-state index is -0.401. The summed E-state index contributed by atoms with van der Waals surface area (Å²) in [7, 11) is 1.56. The van der Waals surface area contributed by atoms with Gasteiger partial charge in [0.15, 0.2) is 0 Å². The van der Waals surface area contributed by atoms with Crippen molar-refractivity contribution in [3.8, 4) is 11.8 Å². The van der Waals surface area contributed by atoms with Crippen molar-refractivity contribution in [2.45, 2.75) is 45.6 Å². The molecule has 1 aliphatic rings. The molecule has 0 aliphatic carbocycles. The first-order chi connectivity index (χ1) is 11.6. The Balaban J connectivity index is 2.19. The zero-order valence-corrected chi connectivity index (χ0v) is 14.6. The van der Waals surface area contributed by atoms with E-state index in [4.69, 9.17) is 4.74 Å². The SMILES string of the molecule is CCC1CCCCN1/C=C(/C#N)C(=O)Nc1cc(C)ccc1OC. The molecule has 0 aromatic heterocycles. The molecule has 1 heterocycles. The van der Waals surface area contributed by atoms with Gasteiger partial charge in [-0.2, -0.15) is 5.26 Å². The van der Waals surface area contributed by atoms with Gasteiger partial charge in [0.2, 0.25) is 0 Å². The van der Waals surface area contributed by atoms with E-state index in [0.29, 0.717) is 17.5 Å². The predicted octanol–water partition coefficient (Wildman–Crippen LogP) is 3.61. The Kier molecular flexibility index (Phi) is 6.25. The van der Waals surface area contributed by atoms with Gasteiger partial charge in [-0.25, -0.2) is 0 Å². The van der Waals surface area contributed by atoms with Gasteiger partial charge < -0.3 is 15.0 Å². The van der Waals surface area contributed by atoms with E-state index in [9.17, 15) is 10.1 Å². The number of rotatable bonds is 5. The molecular weight excluding hydrogens is 302 g/mol. The highest BCUT2D eigenvalue weighted by molar-refractivity contribution is 6.07. The third-order valence-electron chi connectivity index (χ3n) is 4.41. The van der Waals surface area contributed by atoms with Gasteiger partial charge in [-0.15, -0.1) is 0 Å². The lowest BCUT2D eigenvalue weighted by Gasteiger charge is -2.34. The number of carbonyl (C=O) groups excluding carboxylic acids is 1. The summed E-state index contributed by atoms with van der Waals surface area (Å²) < 4.78 is 5.27. The number of ether oxygens (including phenoxy) is 1. The van der Waals surface area contributed by atoms with E-state index < -0.39 is 5.91 Å². The number of aryl methyl sites for hydroxylation is 1. The van der Waals surface area contributed by atoms with Crippen molar-refractivity contribution in [1.29, 1.82) is 5.26 Å². The third kappa shape index (κ3) is 4.29. The minimum Gasteiger partial charge on any atom is -0.495 e. The summed E-state index contributed by atoms with van der Waals surface area (Å²) in [6.45, 7) is 4.97. The lowest BCUT2D eigenvalue weighted by molar-refractivity contribution is -0.112. The number of carbonyl (C=O) groups is 1. The quantitative estimate of drug-likeness (QED) is 0.663. The highest BCUT2D eigenvalue weighted by Crippen LogP contribution is 2.26. The maximum absolute atomic E-state index is 12.5.